The third-order valence-corrected chi connectivity index (χ3v) is 2.67. The van der Waals surface area contributed by atoms with Crippen LogP contribution in [0.3, 0.4) is 0 Å². The van der Waals surface area contributed by atoms with E-state index >= 15 is 0 Å². The van der Waals surface area contributed by atoms with Gasteiger partial charge in [0.05, 0.1) is 24.8 Å². The first-order valence-corrected chi connectivity index (χ1v) is 5.36. The van der Waals surface area contributed by atoms with E-state index < -0.39 is 11.9 Å². The fourth-order valence-corrected chi connectivity index (χ4v) is 1.77. The Balaban J connectivity index is 2.19. The van der Waals surface area contributed by atoms with Crippen molar-refractivity contribution in [3.8, 4) is 0 Å². The van der Waals surface area contributed by atoms with Crippen LogP contribution in [0.15, 0.2) is 18.2 Å². The maximum absolute atomic E-state index is 13.5. The van der Waals surface area contributed by atoms with Crippen molar-refractivity contribution in [3.05, 3.63) is 34.6 Å². The third-order valence-electron chi connectivity index (χ3n) is 2.43. The summed E-state index contributed by atoms with van der Waals surface area (Å²) in [5, 5.41) is 3.26. The second-order valence-corrected chi connectivity index (χ2v) is 4.01. The number of nitrogens with one attached hydrogen (secondary N) is 1. The average molecular weight is 244 g/mol. The van der Waals surface area contributed by atoms with E-state index in [2.05, 4.69) is 5.32 Å². The van der Waals surface area contributed by atoms with Crippen molar-refractivity contribution in [3.63, 3.8) is 0 Å². The van der Waals surface area contributed by atoms with Gasteiger partial charge in [0.25, 0.3) is 0 Å². The van der Waals surface area contributed by atoms with Crippen molar-refractivity contribution in [2.75, 3.05) is 19.8 Å². The molecule has 3 nitrogen and oxygen atoms in total. The quantitative estimate of drug-likeness (QED) is 0.803. The molecule has 0 bridgehead atoms. The van der Waals surface area contributed by atoms with E-state index in [-0.39, 0.29) is 23.0 Å². The Labute approximate surface area is 97.5 Å². The summed E-state index contributed by atoms with van der Waals surface area (Å²) >= 11 is 5.62. The number of carbonyl (C=O) groups excluding carboxylic acids is 1. The third kappa shape index (κ3) is 2.40. The summed E-state index contributed by atoms with van der Waals surface area (Å²) in [7, 11) is 0. The molecule has 1 aromatic carbocycles. The van der Waals surface area contributed by atoms with Gasteiger partial charge in [-0.1, -0.05) is 11.6 Å². The number of rotatable bonds is 2. The second-order valence-electron chi connectivity index (χ2n) is 3.57. The minimum atomic E-state index is -0.593. The van der Waals surface area contributed by atoms with Gasteiger partial charge in [0, 0.05) is 11.6 Å². The average Bonchev–Trinajstić information content (AvgIpc) is 2.29. The highest BCUT2D eigenvalue weighted by atomic mass is 35.5. The van der Waals surface area contributed by atoms with Crippen molar-refractivity contribution in [2.24, 2.45) is 0 Å². The molecule has 1 heterocycles. The van der Waals surface area contributed by atoms with Crippen molar-refractivity contribution < 1.29 is 13.9 Å². The van der Waals surface area contributed by atoms with Crippen LogP contribution in [-0.2, 0) is 4.74 Å². The van der Waals surface area contributed by atoms with Crippen molar-refractivity contribution in [2.45, 2.75) is 6.04 Å². The molecule has 1 saturated heterocycles. The normalized spacial score (nSPS) is 20.8. The van der Waals surface area contributed by atoms with Gasteiger partial charge in [-0.15, -0.1) is 0 Å². The molecule has 0 saturated carbocycles. The number of benzene rings is 1. The number of Topliss-reactive ketones (excluding diaryl/α,β-unsaturated/α-hetero) is 1. The monoisotopic (exact) mass is 243 g/mol. The minimum Gasteiger partial charge on any atom is -0.378 e. The lowest BCUT2D eigenvalue weighted by Gasteiger charge is -2.22. The highest BCUT2D eigenvalue weighted by Gasteiger charge is 2.24. The van der Waals surface area contributed by atoms with E-state index in [4.69, 9.17) is 16.3 Å². The van der Waals surface area contributed by atoms with E-state index in [9.17, 15) is 9.18 Å². The molecule has 1 aliphatic rings. The largest absolute Gasteiger partial charge is 0.378 e. The van der Waals surface area contributed by atoms with Gasteiger partial charge < -0.3 is 10.1 Å². The zero-order valence-electron chi connectivity index (χ0n) is 8.50. The van der Waals surface area contributed by atoms with Crippen LogP contribution >= 0.6 is 11.6 Å². The minimum absolute atomic E-state index is 0.0485. The highest BCUT2D eigenvalue weighted by molar-refractivity contribution is 6.30. The molecule has 16 heavy (non-hydrogen) atoms. The first-order chi connectivity index (χ1) is 7.68. The van der Waals surface area contributed by atoms with Gasteiger partial charge in [0.1, 0.15) is 5.82 Å². The zero-order chi connectivity index (χ0) is 11.5. The standard InChI is InChI=1S/C11H11ClFNO2/c12-7-1-2-8(9(13)5-7)11(15)10-6-16-4-3-14-10/h1-2,5,10,14H,3-4,6H2. The van der Waals surface area contributed by atoms with Crippen molar-refractivity contribution in [1.82, 2.24) is 5.32 Å². The fourth-order valence-electron chi connectivity index (χ4n) is 1.61. The molecule has 2 rings (SSSR count). The molecular weight excluding hydrogens is 233 g/mol. The van der Waals surface area contributed by atoms with E-state index in [1.165, 1.54) is 12.1 Å². The van der Waals surface area contributed by atoms with Crippen LogP contribution in [0.1, 0.15) is 10.4 Å². The SMILES string of the molecule is O=C(c1ccc(Cl)cc1F)C1COCCN1. The molecule has 0 radical (unpaired) electrons. The van der Waals surface area contributed by atoms with Gasteiger partial charge >= 0.3 is 0 Å². The Kier molecular flexibility index (Phi) is 3.53. The van der Waals surface area contributed by atoms with E-state index in [1.807, 2.05) is 0 Å². The smallest absolute Gasteiger partial charge is 0.185 e. The summed E-state index contributed by atoms with van der Waals surface area (Å²) in [5.74, 6) is -0.890. The Bertz CT molecular complexity index is 405. The molecule has 1 fully saturated rings. The molecule has 1 aliphatic heterocycles. The van der Waals surface area contributed by atoms with Gasteiger partial charge in [-0.25, -0.2) is 4.39 Å². The van der Waals surface area contributed by atoms with Crippen LogP contribution in [0, 0.1) is 5.82 Å². The lowest BCUT2D eigenvalue weighted by Crippen LogP contribution is -2.46. The predicted octanol–water partition coefficient (Wildman–Crippen LogP) is 1.65. The number of carbonyl (C=O) groups is 1. The molecule has 0 amide bonds. The van der Waals surface area contributed by atoms with Gasteiger partial charge in [-0.05, 0) is 18.2 Å². The Morgan fingerprint density at radius 2 is 2.38 bits per heavy atom. The van der Waals surface area contributed by atoms with Gasteiger partial charge in [-0.2, -0.15) is 0 Å². The number of ketones is 1. The fraction of sp³-hybridized carbons (Fsp3) is 0.364. The second kappa shape index (κ2) is 4.91. The Morgan fingerprint density at radius 1 is 1.56 bits per heavy atom. The Morgan fingerprint density at radius 3 is 3.00 bits per heavy atom. The molecule has 1 atom stereocenters. The summed E-state index contributed by atoms with van der Waals surface area (Å²) in [6.07, 6.45) is 0. The summed E-state index contributed by atoms with van der Waals surface area (Å²) in [5.41, 5.74) is 0.0485. The van der Waals surface area contributed by atoms with Gasteiger partial charge in [-0.3, -0.25) is 4.79 Å². The molecule has 0 spiro atoms. The maximum atomic E-state index is 13.5. The van der Waals surface area contributed by atoms with Gasteiger partial charge in [0.2, 0.25) is 0 Å². The summed E-state index contributed by atoms with van der Waals surface area (Å²) < 4.78 is 18.6. The summed E-state index contributed by atoms with van der Waals surface area (Å²) in [4.78, 5) is 11.9. The topological polar surface area (TPSA) is 38.3 Å². The van der Waals surface area contributed by atoms with Crippen LogP contribution in [0.2, 0.25) is 5.02 Å². The molecule has 1 unspecified atom stereocenters. The van der Waals surface area contributed by atoms with Crippen LogP contribution in [0.25, 0.3) is 0 Å². The number of halogens is 2. The maximum Gasteiger partial charge on any atom is 0.185 e. The molecule has 5 heteroatoms. The first-order valence-electron chi connectivity index (χ1n) is 4.99. The Hall–Kier alpha value is -0.970. The van der Waals surface area contributed by atoms with E-state index in [1.54, 1.807) is 0 Å². The number of hydrogen-bond donors (Lipinski definition) is 1. The number of hydrogen-bond acceptors (Lipinski definition) is 3. The van der Waals surface area contributed by atoms with Crippen LogP contribution in [-0.4, -0.2) is 31.6 Å². The molecule has 0 aromatic heterocycles. The first kappa shape index (κ1) is 11.5. The van der Waals surface area contributed by atoms with Crippen LogP contribution in [0.4, 0.5) is 4.39 Å². The zero-order valence-corrected chi connectivity index (χ0v) is 9.26. The molecule has 86 valence electrons. The van der Waals surface area contributed by atoms with Gasteiger partial charge in [0.15, 0.2) is 5.78 Å². The molecule has 1 N–H and O–H groups in total. The predicted molar refractivity (Wildman–Crippen MR) is 58.4 cm³/mol. The molecule has 1 aromatic rings. The molecule has 0 aliphatic carbocycles. The van der Waals surface area contributed by atoms with Crippen LogP contribution in [0.5, 0.6) is 0 Å². The molecular formula is C11H11ClFNO2. The van der Waals surface area contributed by atoms with Crippen LogP contribution < -0.4 is 5.32 Å². The van der Waals surface area contributed by atoms with E-state index in [0.717, 1.165) is 6.07 Å². The number of ether oxygens (including phenoxy) is 1. The summed E-state index contributed by atoms with van der Waals surface area (Å²) in [6.45, 7) is 1.46. The lowest BCUT2D eigenvalue weighted by molar-refractivity contribution is 0.0605. The highest BCUT2D eigenvalue weighted by Crippen LogP contribution is 2.16. The van der Waals surface area contributed by atoms with Crippen molar-refractivity contribution >= 4 is 17.4 Å². The number of morpholine rings is 1. The van der Waals surface area contributed by atoms with Crippen molar-refractivity contribution in [1.29, 1.82) is 0 Å². The lowest BCUT2D eigenvalue weighted by atomic mass is 10.0. The summed E-state index contributed by atoms with van der Waals surface area (Å²) in [6, 6.07) is 3.57. The van der Waals surface area contributed by atoms with E-state index in [0.29, 0.717) is 13.2 Å².